The molecule has 7 heteroatoms. The monoisotopic (exact) mass is 474 g/mol. The summed E-state index contributed by atoms with van der Waals surface area (Å²) in [4.78, 5) is 28.2. The molecule has 1 fully saturated rings. The number of ether oxygens (including phenoxy) is 1. The van der Waals surface area contributed by atoms with E-state index in [1.807, 2.05) is 31.2 Å². The molecule has 0 saturated heterocycles. The van der Waals surface area contributed by atoms with Crippen molar-refractivity contribution >= 4 is 23.4 Å². The number of rotatable bonds is 9. The van der Waals surface area contributed by atoms with Gasteiger partial charge in [0.2, 0.25) is 11.8 Å². The Hall–Kier alpha value is -2.60. The van der Waals surface area contributed by atoms with Crippen LogP contribution >= 0.6 is 11.6 Å². The van der Waals surface area contributed by atoms with Crippen LogP contribution in [0.3, 0.4) is 0 Å². The molecule has 0 radical (unpaired) electrons. The predicted molar refractivity (Wildman–Crippen MR) is 128 cm³/mol. The number of carbonyl (C=O) groups is 2. The summed E-state index contributed by atoms with van der Waals surface area (Å²) in [5.41, 5.74) is 0.999. The normalized spacial score (nSPS) is 15.0. The van der Waals surface area contributed by atoms with E-state index in [1.165, 1.54) is 18.6 Å². The number of amides is 2. The van der Waals surface area contributed by atoms with Crippen LogP contribution in [0.15, 0.2) is 42.5 Å². The van der Waals surface area contributed by atoms with E-state index in [1.54, 1.807) is 18.1 Å². The first-order valence-corrected chi connectivity index (χ1v) is 12.0. The average molecular weight is 475 g/mol. The Labute approximate surface area is 200 Å². The highest BCUT2D eigenvalue weighted by atomic mass is 35.5. The lowest BCUT2D eigenvalue weighted by atomic mass is 9.95. The van der Waals surface area contributed by atoms with Crippen LogP contribution in [0.25, 0.3) is 0 Å². The molecule has 33 heavy (non-hydrogen) atoms. The molecule has 0 unspecified atom stereocenters. The molecule has 0 bridgehead atoms. The van der Waals surface area contributed by atoms with E-state index in [9.17, 15) is 14.0 Å². The molecule has 2 aromatic rings. The number of methoxy groups -OCH3 is 1. The van der Waals surface area contributed by atoms with Crippen LogP contribution in [0.5, 0.6) is 5.75 Å². The van der Waals surface area contributed by atoms with Crippen molar-refractivity contribution in [2.24, 2.45) is 0 Å². The fourth-order valence-electron chi connectivity index (χ4n) is 4.35. The molecule has 0 spiro atoms. The molecule has 1 atom stereocenters. The van der Waals surface area contributed by atoms with Crippen LogP contribution < -0.4 is 10.1 Å². The van der Waals surface area contributed by atoms with Gasteiger partial charge in [-0.2, -0.15) is 0 Å². The molecule has 0 aliphatic heterocycles. The first kappa shape index (κ1) is 25.0. The summed E-state index contributed by atoms with van der Waals surface area (Å²) in [6, 6.07) is 11.2. The van der Waals surface area contributed by atoms with E-state index < -0.39 is 11.9 Å². The quantitative estimate of drug-likeness (QED) is 0.537. The van der Waals surface area contributed by atoms with Gasteiger partial charge in [-0.15, -0.1) is 0 Å². The maximum Gasteiger partial charge on any atom is 0.243 e. The Morgan fingerprint density at radius 2 is 1.85 bits per heavy atom. The van der Waals surface area contributed by atoms with E-state index in [2.05, 4.69) is 5.32 Å². The second-order valence-corrected chi connectivity index (χ2v) is 8.92. The number of hydrogen-bond acceptors (Lipinski definition) is 3. The molecule has 1 aliphatic rings. The van der Waals surface area contributed by atoms with Crippen molar-refractivity contribution in [1.29, 1.82) is 0 Å². The Morgan fingerprint density at radius 1 is 1.15 bits per heavy atom. The zero-order valence-corrected chi connectivity index (χ0v) is 20.0. The topological polar surface area (TPSA) is 58.6 Å². The SMILES string of the molecule is CC[C@@H](C(=O)NC1CCCCC1)N(Cc1ccc(OC)cc1)C(=O)Cc1c(F)cccc1Cl. The van der Waals surface area contributed by atoms with E-state index in [-0.39, 0.29) is 41.4 Å². The molecule has 1 N–H and O–H groups in total. The number of nitrogens with zero attached hydrogens (tertiary/aromatic N) is 1. The largest absolute Gasteiger partial charge is 0.497 e. The Balaban J connectivity index is 1.84. The van der Waals surface area contributed by atoms with Crippen LogP contribution in [-0.4, -0.2) is 35.9 Å². The number of hydrogen-bond donors (Lipinski definition) is 1. The van der Waals surface area contributed by atoms with Crippen molar-refractivity contribution in [3.8, 4) is 5.75 Å². The van der Waals surface area contributed by atoms with Crippen LogP contribution in [0, 0.1) is 5.82 Å². The minimum absolute atomic E-state index is 0.138. The van der Waals surface area contributed by atoms with Gasteiger partial charge in [0, 0.05) is 23.2 Å². The molecule has 0 aromatic heterocycles. The molecule has 2 aromatic carbocycles. The van der Waals surface area contributed by atoms with Crippen molar-refractivity contribution in [3.63, 3.8) is 0 Å². The van der Waals surface area contributed by atoms with E-state index in [0.717, 1.165) is 31.2 Å². The van der Waals surface area contributed by atoms with Crippen molar-refractivity contribution < 1.29 is 18.7 Å². The van der Waals surface area contributed by atoms with Gasteiger partial charge in [0.05, 0.1) is 13.5 Å². The van der Waals surface area contributed by atoms with Gasteiger partial charge >= 0.3 is 0 Å². The first-order valence-electron chi connectivity index (χ1n) is 11.6. The Morgan fingerprint density at radius 3 is 2.45 bits per heavy atom. The summed E-state index contributed by atoms with van der Waals surface area (Å²) in [6.45, 7) is 2.11. The molecular formula is C26H32ClFN2O3. The maximum absolute atomic E-state index is 14.4. The summed E-state index contributed by atoms with van der Waals surface area (Å²) < 4.78 is 19.6. The summed E-state index contributed by atoms with van der Waals surface area (Å²) in [7, 11) is 1.59. The molecule has 5 nitrogen and oxygen atoms in total. The van der Waals surface area contributed by atoms with Crippen LogP contribution in [-0.2, 0) is 22.6 Å². The lowest BCUT2D eigenvalue weighted by molar-refractivity contribution is -0.141. The minimum atomic E-state index is -0.660. The van der Waals surface area contributed by atoms with Gasteiger partial charge in [0.1, 0.15) is 17.6 Å². The summed E-state index contributed by atoms with van der Waals surface area (Å²) in [5, 5.41) is 3.34. The van der Waals surface area contributed by atoms with Crippen molar-refractivity contribution in [2.75, 3.05) is 7.11 Å². The van der Waals surface area contributed by atoms with Crippen molar-refractivity contribution in [2.45, 2.75) is 70.5 Å². The van der Waals surface area contributed by atoms with Gasteiger partial charge in [-0.25, -0.2) is 4.39 Å². The average Bonchev–Trinajstić information content (AvgIpc) is 2.82. The molecule has 3 rings (SSSR count). The van der Waals surface area contributed by atoms with E-state index >= 15 is 0 Å². The standard InChI is InChI=1S/C26H32ClFN2O3/c1-3-24(26(32)29-19-8-5-4-6-9-19)30(17-18-12-14-20(33-2)15-13-18)25(31)16-21-22(27)10-7-11-23(21)28/h7,10-15,19,24H,3-6,8-9,16-17H2,1-2H3,(H,29,32)/t24-/m0/s1. The van der Waals surface area contributed by atoms with Crippen LogP contribution in [0.2, 0.25) is 5.02 Å². The summed E-state index contributed by atoms with van der Waals surface area (Å²) >= 11 is 6.17. The predicted octanol–water partition coefficient (Wildman–Crippen LogP) is 5.29. The molecular weight excluding hydrogens is 443 g/mol. The first-order chi connectivity index (χ1) is 15.9. The van der Waals surface area contributed by atoms with Crippen LogP contribution in [0.4, 0.5) is 4.39 Å². The van der Waals surface area contributed by atoms with E-state index in [0.29, 0.717) is 12.2 Å². The molecule has 2 amide bonds. The molecule has 178 valence electrons. The highest BCUT2D eigenvalue weighted by molar-refractivity contribution is 6.31. The van der Waals surface area contributed by atoms with Gasteiger partial charge in [-0.1, -0.05) is 56.0 Å². The lowest BCUT2D eigenvalue weighted by Gasteiger charge is -2.33. The number of carbonyl (C=O) groups excluding carboxylic acids is 2. The van der Waals surface area contributed by atoms with Gasteiger partial charge in [0.15, 0.2) is 0 Å². The second kappa shape index (κ2) is 12.0. The summed E-state index contributed by atoms with van der Waals surface area (Å²) in [5.74, 6) is -0.328. The number of benzene rings is 2. The molecule has 1 saturated carbocycles. The molecule has 1 aliphatic carbocycles. The zero-order valence-electron chi connectivity index (χ0n) is 19.3. The molecule has 0 heterocycles. The Bertz CT molecular complexity index is 925. The third kappa shape index (κ3) is 6.70. The highest BCUT2D eigenvalue weighted by Crippen LogP contribution is 2.23. The fraction of sp³-hybridized carbons (Fsp3) is 0.462. The second-order valence-electron chi connectivity index (χ2n) is 8.51. The Kier molecular flexibility index (Phi) is 9.12. The van der Waals surface area contributed by atoms with E-state index in [4.69, 9.17) is 16.3 Å². The third-order valence-electron chi connectivity index (χ3n) is 6.24. The van der Waals surface area contributed by atoms with Crippen molar-refractivity contribution in [1.82, 2.24) is 10.2 Å². The van der Waals surface area contributed by atoms with Gasteiger partial charge in [-0.05, 0) is 49.1 Å². The number of nitrogens with one attached hydrogen (secondary N) is 1. The smallest absolute Gasteiger partial charge is 0.243 e. The lowest BCUT2D eigenvalue weighted by Crippen LogP contribution is -2.52. The van der Waals surface area contributed by atoms with Gasteiger partial charge in [-0.3, -0.25) is 9.59 Å². The maximum atomic E-state index is 14.4. The number of halogens is 2. The fourth-order valence-corrected chi connectivity index (χ4v) is 4.58. The highest BCUT2D eigenvalue weighted by Gasteiger charge is 2.31. The zero-order chi connectivity index (χ0) is 23.8. The van der Waals surface area contributed by atoms with Crippen LogP contribution in [0.1, 0.15) is 56.6 Å². The van der Waals surface area contributed by atoms with Crippen molar-refractivity contribution in [3.05, 3.63) is 64.4 Å². The van der Waals surface area contributed by atoms with Gasteiger partial charge in [0.25, 0.3) is 0 Å². The summed E-state index contributed by atoms with van der Waals surface area (Å²) in [6.07, 6.45) is 5.54. The minimum Gasteiger partial charge on any atom is -0.497 e. The van der Waals surface area contributed by atoms with Gasteiger partial charge < -0.3 is 15.0 Å². The third-order valence-corrected chi connectivity index (χ3v) is 6.59.